The lowest BCUT2D eigenvalue weighted by Crippen LogP contribution is -2.34. The lowest BCUT2D eigenvalue weighted by Gasteiger charge is -2.38. The highest BCUT2D eigenvalue weighted by Crippen LogP contribution is 2.41. The Bertz CT molecular complexity index is 2670. The Morgan fingerprint density at radius 3 is 1.77 bits per heavy atom. The van der Waals surface area contributed by atoms with Crippen LogP contribution in [0.15, 0.2) is 181 Å². The van der Waals surface area contributed by atoms with Crippen LogP contribution in [0.5, 0.6) is 0 Å². The Morgan fingerprint density at radius 2 is 1.04 bits per heavy atom. The van der Waals surface area contributed by atoms with Crippen molar-refractivity contribution in [1.29, 1.82) is 0 Å². The van der Waals surface area contributed by atoms with Crippen molar-refractivity contribution in [3.05, 3.63) is 203 Å². The molecule has 0 amide bonds. The van der Waals surface area contributed by atoms with Crippen LogP contribution < -0.4 is 9.80 Å². The Morgan fingerprint density at radius 1 is 0.464 bits per heavy atom. The molecule has 7 aromatic carbocycles. The summed E-state index contributed by atoms with van der Waals surface area (Å²) < 4.78 is 0. The predicted molar refractivity (Wildman–Crippen MR) is 240 cm³/mol. The standard InChI is InChI=1S/C54H46N2/c1-5-13-45-35-51(31-23-41(45)9-1)55(52-32-24-42-10-2-6-14-46(42)36-52)49-27-19-39(20-28-49)17-18-40-21-29-50(30-22-40)56(53-33-25-43-11-3-7-15-47(43)37-53)54-34-26-44-12-4-8-16-48(44)38-54/h1-5,7,9-13,15,17-25,27-33,35-37,54H,6,8,14,16,26,34,38H2/b18-17+. The third-order valence-electron chi connectivity index (χ3n) is 12.0. The van der Waals surface area contributed by atoms with Crippen molar-refractivity contribution in [2.45, 2.75) is 51.0 Å². The molecule has 272 valence electrons. The van der Waals surface area contributed by atoms with Gasteiger partial charge in [-0.3, -0.25) is 0 Å². The van der Waals surface area contributed by atoms with Gasteiger partial charge in [0.2, 0.25) is 0 Å². The minimum Gasteiger partial charge on any atom is -0.338 e. The van der Waals surface area contributed by atoms with Gasteiger partial charge in [-0.25, -0.2) is 0 Å². The summed E-state index contributed by atoms with van der Waals surface area (Å²) in [7, 11) is 0. The summed E-state index contributed by atoms with van der Waals surface area (Å²) in [5, 5.41) is 5.07. The maximum absolute atomic E-state index is 2.61. The van der Waals surface area contributed by atoms with E-state index in [2.05, 4.69) is 198 Å². The highest BCUT2D eigenvalue weighted by atomic mass is 15.2. The molecule has 0 N–H and O–H groups in total. The second-order valence-electron chi connectivity index (χ2n) is 15.6. The molecular formula is C54H46N2. The molecule has 10 rings (SSSR count). The summed E-state index contributed by atoms with van der Waals surface area (Å²) in [6, 6.07) is 56.6. The van der Waals surface area contributed by atoms with E-state index >= 15 is 0 Å². The number of fused-ring (bicyclic) bond motifs is 3. The SMILES string of the molecule is C1=CC2=C(CC1)CC(N(c1ccc(/C=C/c3ccc(N(c4ccc5c(c4)CCC=C5)c4ccc5ccccc5c4)cc3)cc1)c1ccc3ccccc3c1)CC2. The number of benzene rings is 7. The van der Waals surface area contributed by atoms with E-state index in [1.165, 1.54) is 73.7 Å². The topological polar surface area (TPSA) is 6.48 Å². The first-order chi connectivity index (χ1) is 27.7. The first-order valence-corrected chi connectivity index (χ1v) is 20.3. The molecule has 0 radical (unpaired) electrons. The highest BCUT2D eigenvalue weighted by Gasteiger charge is 2.27. The predicted octanol–water partition coefficient (Wildman–Crippen LogP) is 14.9. The third-order valence-corrected chi connectivity index (χ3v) is 12.0. The van der Waals surface area contributed by atoms with Gasteiger partial charge in [0.05, 0.1) is 0 Å². The van der Waals surface area contributed by atoms with Gasteiger partial charge in [-0.1, -0.05) is 133 Å². The van der Waals surface area contributed by atoms with Crippen LogP contribution in [-0.4, -0.2) is 6.04 Å². The van der Waals surface area contributed by atoms with E-state index in [9.17, 15) is 0 Å². The van der Waals surface area contributed by atoms with Crippen molar-refractivity contribution in [3.8, 4) is 0 Å². The molecule has 0 bridgehead atoms. The minimum atomic E-state index is 0.439. The van der Waals surface area contributed by atoms with E-state index in [1.54, 1.807) is 11.1 Å². The monoisotopic (exact) mass is 722 g/mol. The van der Waals surface area contributed by atoms with Gasteiger partial charge in [-0.05, 0) is 155 Å². The molecule has 0 heterocycles. The Labute approximate surface area is 331 Å². The fourth-order valence-electron chi connectivity index (χ4n) is 9.08. The van der Waals surface area contributed by atoms with Gasteiger partial charge in [-0.2, -0.15) is 0 Å². The fraction of sp³-hybridized carbons (Fsp3) is 0.148. The molecule has 0 saturated heterocycles. The smallest absolute Gasteiger partial charge is 0.0468 e. The van der Waals surface area contributed by atoms with Crippen LogP contribution in [0.2, 0.25) is 0 Å². The van der Waals surface area contributed by atoms with E-state index < -0.39 is 0 Å². The average molecular weight is 723 g/mol. The second kappa shape index (κ2) is 15.0. The Kier molecular flexibility index (Phi) is 9.17. The first-order valence-electron chi connectivity index (χ1n) is 20.3. The molecule has 0 aromatic heterocycles. The summed E-state index contributed by atoms with van der Waals surface area (Å²) in [5.41, 5.74) is 14.4. The molecule has 0 aliphatic heterocycles. The van der Waals surface area contributed by atoms with E-state index in [4.69, 9.17) is 0 Å². The summed E-state index contributed by atoms with van der Waals surface area (Å²) in [5.74, 6) is 0. The van der Waals surface area contributed by atoms with Gasteiger partial charge >= 0.3 is 0 Å². The van der Waals surface area contributed by atoms with E-state index in [0.717, 1.165) is 43.5 Å². The molecule has 1 atom stereocenters. The van der Waals surface area contributed by atoms with E-state index in [0.29, 0.717) is 6.04 Å². The molecule has 0 fully saturated rings. The fourth-order valence-corrected chi connectivity index (χ4v) is 9.08. The lowest BCUT2D eigenvalue weighted by molar-refractivity contribution is 0.546. The van der Waals surface area contributed by atoms with Crippen molar-refractivity contribution < 1.29 is 0 Å². The van der Waals surface area contributed by atoms with Crippen LogP contribution in [0, 0.1) is 0 Å². The van der Waals surface area contributed by atoms with Crippen LogP contribution in [0.4, 0.5) is 28.4 Å². The quantitative estimate of drug-likeness (QED) is 0.144. The summed E-state index contributed by atoms with van der Waals surface area (Å²) in [6.45, 7) is 0. The molecule has 56 heavy (non-hydrogen) atoms. The number of nitrogens with zero attached hydrogens (tertiary/aromatic N) is 2. The summed E-state index contributed by atoms with van der Waals surface area (Å²) >= 11 is 0. The minimum absolute atomic E-state index is 0.439. The zero-order valence-electron chi connectivity index (χ0n) is 31.8. The van der Waals surface area contributed by atoms with Gasteiger partial charge < -0.3 is 9.80 Å². The zero-order valence-corrected chi connectivity index (χ0v) is 31.8. The van der Waals surface area contributed by atoms with Crippen LogP contribution >= 0.6 is 0 Å². The van der Waals surface area contributed by atoms with Gasteiger partial charge in [0, 0.05) is 34.5 Å². The average Bonchev–Trinajstić information content (AvgIpc) is 3.26. The number of rotatable bonds is 8. The first kappa shape index (κ1) is 34.1. The van der Waals surface area contributed by atoms with Crippen molar-refractivity contribution in [2.75, 3.05) is 9.80 Å². The Balaban J connectivity index is 0.926. The van der Waals surface area contributed by atoms with Crippen LogP contribution in [0.1, 0.15) is 60.8 Å². The molecule has 1 unspecified atom stereocenters. The molecule has 7 aromatic rings. The van der Waals surface area contributed by atoms with E-state index in [-0.39, 0.29) is 0 Å². The van der Waals surface area contributed by atoms with Gasteiger partial charge in [0.15, 0.2) is 0 Å². The molecular weight excluding hydrogens is 677 g/mol. The zero-order chi connectivity index (χ0) is 37.3. The largest absolute Gasteiger partial charge is 0.338 e. The van der Waals surface area contributed by atoms with Gasteiger partial charge in [-0.15, -0.1) is 0 Å². The summed E-state index contributed by atoms with van der Waals surface area (Å²) in [4.78, 5) is 5.01. The van der Waals surface area contributed by atoms with Crippen LogP contribution in [0.3, 0.4) is 0 Å². The van der Waals surface area contributed by atoms with Crippen LogP contribution in [-0.2, 0) is 6.42 Å². The second-order valence-corrected chi connectivity index (χ2v) is 15.6. The van der Waals surface area contributed by atoms with Crippen molar-refractivity contribution in [1.82, 2.24) is 0 Å². The van der Waals surface area contributed by atoms with Crippen molar-refractivity contribution >= 4 is 68.2 Å². The third kappa shape index (κ3) is 6.88. The molecule has 2 heteroatoms. The molecule has 2 nitrogen and oxygen atoms in total. The Hall–Kier alpha value is -6.38. The molecule has 3 aliphatic rings. The van der Waals surface area contributed by atoms with Crippen molar-refractivity contribution in [2.24, 2.45) is 0 Å². The van der Waals surface area contributed by atoms with Gasteiger partial charge in [0.25, 0.3) is 0 Å². The molecule has 0 saturated carbocycles. The number of hydrogen-bond acceptors (Lipinski definition) is 2. The van der Waals surface area contributed by atoms with Crippen LogP contribution in [0.25, 0.3) is 39.8 Å². The van der Waals surface area contributed by atoms with Crippen molar-refractivity contribution in [3.63, 3.8) is 0 Å². The number of hydrogen-bond donors (Lipinski definition) is 0. The lowest BCUT2D eigenvalue weighted by atomic mass is 9.82. The summed E-state index contributed by atoms with van der Waals surface area (Å²) in [6.07, 6.45) is 21.7. The molecule has 3 aliphatic carbocycles. The normalized spacial score (nSPS) is 16.3. The number of allylic oxidation sites excluding steroid dienone is 4. The number of anilines is 5. The maximum atomic E-state index is 2.61. The van der Waals surface area contributed by atoms with E-state index in [1.807, 2.05) is 0 Å². The number of aryl methyl sites for hydroxylation is 1. The molecule has 0 spiro atoms. The highest BCUT2D eigenvalue weighted by molar-refractivity contribution is 5.90. The van der Waals surface area contributed by atoms with Gasteiger partial charge in [0.1, 0.15) is 0 Å². The maximum Gasteiger partial charge on any atom is 0.0468 e.